The molecule has 0 radical (unpaired) electrons. The van der Waals surface area contributed by atoms with Crippen LogP contribution in [-0.2, 0) is 16.0 Å². The molecule has 2 fully saturated rings. The summed E-state index contributed by atoms with van der Waals surface area (Å²) in [4.78, 5) is 30.8. The van der Waals surface area contributed by atoms with Crippen molar-refractivity contribution in [3.63, 3.8) is 0 Å². The molecule has 0 unspecified atom stereocenters. The molecule has 7 heteroatoms. The monoisotopic (exact) mass is 401 g/mol. The molecule has 0 saturated carbocycles. The minimum Gasteiger partial charge on any atom is -0.354 e. The lowest BCUT2D eigenvalue weighted by Gasteiger charge is -2.29. The van der Waals surface area contributed by atoms with Crippen molar-refractivity contribution in [2.75, 3.05) is 12.3 Å². The Morgan fingerprint density at radius 3 is 2.85 bits per heavy atom. The van der Waals surface area contributed by atoms with E-state index >= 15 is 0 Å². The van der Waals surface area contributed by atoms with Crippen molar-refractivity contribution in [1.82, 2.24) is 15.2 Å². The van der Waals surface area contributed by atoms with Crippen molar-refractivity contribution in [3.05, 3.63) is 40.2 Å². The topological polar surface area (TPSA) is 62.3 Å². The Morgan fingerprint density at radius 2 is 2.15 bits per heavy atom. The van der Waals surface area contributed by atoms with Gasteiger partial charge < -0.3 is 10.2 Å². The predicted octanol–water partition coefficient (Wildman–Crippen LogP) is 3.23. The largest absolute Gasteiger partial charge is 0.354 e. The number of nitrogens with zero attached hydrogens (tertiary/aromatic N) is 2. The average Bonchev–Trinajstić information content (AvgIpc) is 3.31. The van der Waals surface area contributed by atoms with Gasteiger partial charge in [0.2, 0.25) is 11.8 Å². The minimum absolute atomic E-state index is 0.0314. The van der Waals surface area contributed by atoms with E-state index in [0.29, 0.717) is 18.7 Å². The van der Waals surface area contributed by atoms with Crippen LogP contribution < -0.4 is 5.32 Å². The van der Waals surface area contributed by atoms with Crippen LogP contribution >= 0.6 is 23.1 Å². The molecular formula is C20H23N3O2S2. The number of benzene rings is 1. The molecule has 1 aromatic carbocycles. The van der Waals surface area contributed by atoms with Gasteiger partial charge in [0, 0.05) is 29.7 Å². The molecule has 0 spiro atoms. The first-order chi connectivity index (χ1) is 13.0. The molecule has 27 heavy (non-hydrogen) atoms. The first kappa shape index (κ1) is 18.5. The van der Waals surface area contributed by atoms with E-state index in [1.807, 2.05) is 6.92 Å². The standard InChI is InChI=1S/C20H23N3O2S2/c1-13-22-16(11-26-13)15-5-3-14(4-6-15)8-10-21-19(25)17-12-27-20(2)9-7-18(24)23(17)20/h3-6,11,17H,7-10,12H2,1-2H3,(H,21,25)/t17-,20-/m0/s1. The number of thioether (sulfide) groups is 1. The summed E-state index contributed by atoms with van der Waals surface area (Å²) in [6.07, 6.45) is 2.16. The molecule has 2 amide bonds. The number of hydrogen-bond donors (Lipinski definition) is 1. The Bertz CT molecular complexity index is 864. The highest BCUT2D eigenvalue weighted by atomic mass is 32.2. The van der Waals surface area contributed by atoms with E-state index in [-0.39, 0.29) is 22.7 Å². The third kappa shape index (κ3) is 3.62. The molecule has 0 aliphatic carbocycles. The third-order valence-corrected chi connectivity index (χ3v) is 7.61. The van der Waals surface area contributed by atoms with Crippen molar-refractivity contribution < 1.29 is 9.59 Å². The fourth-order valence-corrected chi connectivity index (χ4v) is 5.85. The zero-order chi connectivity index (χ0) is 19.0. The molecule has 5 nitrogen and oxygen atoms in total. The van der Waals surface area contributed by atoms with Gasteiger partial charge >= 0.3 is 0 Å². The van der Waals surface area contributed by atoms with Crippen molar-refractivity contribution in [3.8, 4) is 11.3 Å². The number of rotatable bonds is 5. The molecule has 2 aromatic rings. The number of nitrogens with one attached hydrogen (secondary N) is 1. The van der Waals surface area contributed by atoms with Crippen LogP contribution in [0.15, 0.2) is 29.6 Å². The Kier molecular flexibility index (Phi) is 4.99. The Hall–Kier alpha value is -1.86. The number of hydrogen-bond acceptors (Lipinski definition) is 5. The SMILES string of the molecule is Cc1nc(-c2ccc(CCNC(=O)[C@@H]3CS[C@@]4(C)CCC(=O)N34)cc2)cs1. The minimum atomic E-state index is -0.328. The second kappa shape index (κ2) is 7.28. The van der Waals surface area contributed by atoms with Crippen molar-refractivity contribution in [2.45, 2.75) is 44.0 Å². The first-order valence-electron chi connectivity index (χ1n) is 9.21. The molecule has 2 aliphatic heterocycles. The van der Waals surface area contributed by atoms with Crippen LogP contribution in [0.2, 0.25) is 0 Å². The van der Waals surface area contributed by atoms with E-state index in [1.54, 1.807) is 28.0 Å². The van der Waals surface area contributed by atoms with Gasteiger partial charge in [-0.3, -0.25) is 9.59 Å². The summed E-state index contributed by atoms with van der Waals surface area (Å²) in [6.45, 7) is 4.65. The van der Waals surface area contributed by atoms with E-state index < -0.39 is 0 Å². The van der Waals surface area contributed by atoms with Crippen LogP contribution in [-0.4, -0.2) is 44.9 Å². The highest BCUT2D eigenvalue weighted by Gasteiger charge is 2.52. The van der Waals surface area contributed by atoms with E-state index in [4.69, 9.17) is 0 Å². The maximum absolute atomic E-state index is 12.6. The van der Waals surface area contributed by atoms with Gasteiger partial charge in [-0.05, 0) is 32.3 Å². The maximum Gasteiger partial charge on any atom is 0.243 e. The fourth-order valence-electron chi connectivity index (χ4n) is 3.80. The van der Waals surface area contributed by atoms with Crippen LogP contribution in [0.3, 0.4) is 0 Å². The molecular weight excluding hydrogens is 378 g/mol. The quantitative estimate of drug-likeness (QED) is 0.836. The molecule has 2 saturated heterocycles. The number of aromatic nitrogens is 1. The first-order valence-corrected chi connectivity index (χ1v) is 11.1. The second-order valence-electron chi connectivity index (χ2n) is 7.26. The Labute approximate surface area is 167 Å². The van der Waals surface area contributed by atoms with E-state index in [1.165, 1.54) is 5.56 Å². The van der Waals surface area contributed by atoms with Gasteiger partial charge in [0.15, 0.2) is 0 Å². The number of carbonyl (C=O) groups is 2. The lowest BCUT2D eigenvalue weighted by atomic mass is 10.1. The number of fused-ring (bicyclic) bond motifs is 1. The Balaban J connectivity index is 1.31. The van der Waals surface area contributed by atoms with Gasteiger partial charge in [-0.1, -0.05) is 24.3 Å². The van der Waals surface area contributed by atoms with Crippen LogP contribution in [0.25, 0.3) is 11.3 Å². The zero-order valence-corrected chi connectivity index (χ0v) is 17.2. The summed E-state index contributed by atoms with van der Waals surface area (Å²) < 4.78 is 0. The number of aryl methyl sites for hydroxylation is 1. The van der Waals surface area contributed by atoms with Gasteiger partial charge in [0.25, 0.3) is 0 Å². The normalized spacial score (nSPS) is 24.3. The lowest BCUT2D eigenvalue weighted by Crippen LogP contribution is -2.50. The smallest absolute Gasteiger partial charge is 0.243 e. The summed E-state index contributed by atoms with van der Waals surface area (Å²) in [6, 6.07) is 8.00. The van der Waals surface area contributed by atoms with Gasteiger partial charge in [0.1, 0.15) is 6.04 Å². The van der Waals surface area contributed by atoms with Crippen molar-refractivity contribution in [2.24, 2.45) is 0 Å². The van der Waals surface area contributed by atoms with Crippen LogP contribution in [0, 0.1) is 6.92 Å². The molecule has 0 bridgehead atoms. The van der Waals surface area contributed by atoms with Gasteiger partial charge in [0.05, 0.1) is 15.6 Å². The van der Waals surface area contributed by atoms with Crippen LogP contribution in [0.5, 0.6) is 0 Å². The van der Waals surface area contributed by atoms with Crippen LogP contribution in [0.4, 0.5) is 0 Å². The highest BCUT2D eigenvalue weighted by molar-refractivity contribution is 8.01. The van der Waals surface area contributed by atoms with Gasteiger partial charge in [-0.15, -0.1) is 23.1 Å². The van der Waals surface area contributed by atoms with Gasteiger partial charge in [-0.2, -0.15) is 0 Å². The molecule has 4 rings (SSSR count). The summed E-state index contributed by atoms with van der Waals surface area (Å²) in [5.74, 6) is 0.766. The maximum atomic E-state index is 12.6. The summed E-state index contributed by atoms with van der Waals surface area (Å²) in [7, 11) is 0. The number of carbonyl (C=O) groups excluding carboxylic acids is 2. The summed E-state index contributed by atoms with van der Waals surface area (Å²) in [5.41, 5.74) is 3.30. The van der Waals surface area contributed by atoms with Crippen LogP contribution in [0.1, 0.15) is 30.3 Å². The Morgan fingerprint density at radius 1 is 1.37 bits per heavy atom. The molecule has 2 atom stereocenters. The fraction of sp³-hybridized carbons (Fsp3) is 0.450. The second-order valence-corrected chi connectivity index (χ2v) is 9.82. The highest BCUT2D eigenvalue weighted by Crippen LogP contribution is 2.47. The van der Waals surface area contributed by atoms with Crippen molar-refractivity contribution >= 4 is 34.9 Å². The van der Waals surface area contributed by atoms with E-state index in [9.17, 15) is 9.59 Å². The third-order valence-electron chi connectivity index (χ3n) is 5.33. The van der Waals surface area contributed by atoms with E-state index in [2.05, 4.69) is 46.9 Å². The summed E-state index contributed by atoms with van der Waals surface area (Å²) >= 11 is 3.38. The lowest BCUT2D eigenvalue weighted by molar-refractivity contribution is -0.137. The van der Waals surface area contributed by atoms with E-state index in [0.717, 1.165) is 29.1 Å². The molecule has 3 heterocycles. The molecule has 1 aromatic heterocycles. The summed E-state index contributed by atoms with van der Waals surface area (Å²) in [5, 5.41) is 6.15. The number of amides is 2. The average molecular weight is 402 g/mol. The number of thiazole rings is 1. The molecule has 2 aliphatic rings. The van der Waals surface area contributed by atoms with Gasteiger partial charge in [-0.25, -0.2) is 4.98 Å². The van der Waals surface area contributed by atoms with Crippen molar-refractivity contribution in [1.29, 1.82) is 0 Å². The predicted molar refractivity (Wildman–Crippen MR) is 110 cm³/mol. The molecule has 142 valence electrons. The molecule has 1 N–H and O–H groups in total. The zero-order valence-electron chi connectivity index (χ0n) is 15.5.